The third kappa shape index (κ3) is 7.51. The molecule has 0 unspecified atom stereocenters. The molecule has 3 aromatic rings. The van der Waals surface area contributed by atoms with Gasteiger partial charge in [0.15, 0.2) is 25.7 Å². The van der Waals surface area contributed by atoms with Crippen LogP contribution in [0.4, 0.5) is 4.39 Å². The molecule has 0 amide bonds. The zero-order chi connectivity index (χ0) is 33.6. The summed E-state index contributed by atoms with van der Waals surface area (Å²) in [6.07, 6.45) is 0.451. The first-order valence-corrected chi connectivity index (χ1v) is 14.1. The van der Waals surface area contributed by atoms with E-state index in [1.807, 2.05) is 0 Å². The summed E-state index contributed by atoms with van der Waals surface area (Å²) in [5.41, 5.74) is -2.03. The van der Waals surface area contributed by atoms with Crippen LogP contribution in [0.1, 0.15) is 54.6 Å². The Bertz CT molecular complexity index is 1690. The Balaban J connectivity index is 1.72. The number of hydrogen-bond donors (Lipinski definition) is 0. The van der Waals surface area contributed by atoms with Crippen molar-refractivity contribution in [1.82, 2.24) is 19.1 Å². The van der Waals surface area contributed by atoms with Gasteiger partial charge in [-0.05, 0) is 24.3 Å². The number of ether oxygens (including phenoxy) is 5. The molecule has 3 aromatic heterocycles. The summed E-state index contributed by atoms with van der Waals surface area (Å²) < 4.78 is 44.8. The van der Waals surface area contributed by atoms with Crippen LogP contribution in [0, 0.1) is 11.8 Å². The molecule has 1 saturated heterocycles. The van der Waals surface area contributed by atoms with Gasteiger partial charge in [0, 0.05) is 37.1 Å². The Morgan fingerprint density at radius 3 is 2.00 bits per heavy atom. The minimum absolute atomic E-state index is 0.0247. The second-order valence-electron chi connectivity index (χ2n) is 10.8. The van der Waals surface area contributed by atoms with E-state index >= 15 is 4.39 Å². The van der Waals surface area contributed by atoms with Gasteiger partial charge in [0.1, 0.15) is 0 Å². The van der Waals surface area contributed by atoms with E-state index in [1.165, 1.54) is 76.7 Å². The Labute approximate surface area is 260 Å². The molecule has 1 fully saturated rings. The highest BCUT2D eigenvalue weighted by Crippen LogP contribution is 2.42. The van der Waals surface area contributed by atoms with Gasteiger partial charge in [0.05, 0.1) is 23.0 Å². The van der Waals surface area contributed by atoms with E-state index in [0.29, 0.717) is 9.13 Å². The highest BCUT2D eigenvalue weighted by atomic mass is 19.2. The van der Waals surface area contributed by atoms with Gasteiger partial charge in [-0.3, -0.25) is 28.9 Å². The van der Waals surface area contributed by atoms with Gasteiger partial charge < -0.3 is 23.7 Å². The molecule has 0 N–H and O–H groups in total. The van der Waals surface area contributed by atoms with Crippen molar-refractivity contribution >= 4 is 23.9 Å². The van der Waals surface area contributed by atoms with Crippen LogP contribution in [0.5, 0.6) is 0 Å². The van der Waals surface area contributed by atoms with Crippen molar-refractivity contribution in [2.24, 2.45) is 11.8 Å². The van der Waals surface area contributed by atoms with E-state index in [0.717, 1.165) is 12.3 Å². The van der Waals surface area contributed by atoms with Crippen molar-refractivity contribution in [3.8, 4) is 0 Å². The van der Waals surface area contributed by atoms with Crippen LogP contribution in [-0.2, 0) is 40.0 Å². The lowest BCUT2D eigenvalue weighted by Crippen LogP contribution is -2.49. The number of halogens is 1. The molecule has 1 aliphatic heterocycles. The lowest BCUT2D eigenvalue weighted by atomic mass is 10.1. The topological polar surface area (TPSA) is 184 Å². The number of rotatable bonds is 11. The molecule has 4 atom stereocenters. The number of carbonyl (C=O) groups is 4. The molecular formula is C30H31FN4O11. The summed E-state index contributed by atoms with van der Waals surface area (Å²) in [6.45, 7) is 3.90. The van der Waals surface area contributed by atoms with E-state index in [2.05, 4.69) is 9.97 Å². The summed E-state index contributed by atoms with van der Waals surface area (Å²) in [4.78, 5) is 84.4. The fraction of sp³-hybridized carbons (Fsp3) is 0.400. The fourth-order valence-corrected chi connectivity index (χ4v) is 4.13. The Kier molecular flexibility index (Phi) is 10.4. The number of nitrogens with zero attached hydrogens (tertiary/aromatic N) is 4. The van der Waals surface area contributed by atoms with E-state index in [1.54, 1.807) is 0 Å². The van der Waals surface area contributed by atoms with Gasteiger partial charge in [-0.15, -0.1) is 0 Å². The molecule has 46 heavy (non-hydrogen) atoms. The van der Waals surface area contributed by atoms with E-state index in [4.69, 9.17) is 23.7 Å². The van der Waals surface area contributed by atoms with Crippen LogP contribution in [0.3, 0.4) is 0 Å². The summed E-state index contributed by atoms with van der Waals surface area (Å²) >= 11 is 0. The van der Waals surface area contributed by atoms with E-state index in [9.17, 15) is 28.8 Å². The number of hydrogen-bond acceptors (Lipinski definition) is 13. The quantitative estimate of drug-likeness (QED) is 0.218. The average molecular weight is 643 g/mol. The minimum Gasteiger partial charge on any atom is -0.456 e. The van der Waals surface area contributed by atoms with Crippen molar-refractivity contribution in [2.75, 3.05) is 6.61 Å². The highest BCUT2D eigenvalue weighted by molar-refractivity contribution is 5.89. The van der Waals surface area contributed by atoms with Crippen LogP contribution in [0.2, 0.25) is 0 Å². The van der Waals surface area contributed by atoms with Crippen LogP contribution in [0.15, 0.2) is 70.9 Å². The molecule has 16 heteroatoms. The Morgan fingerprint density at radius 2 is 1.46 bits per heavy atom. The smallest absolute Gasteiger partial charge is 0.341 e. The van der Waals surface area contributed by atoms with Crippen molar-refractivity contribution in [2.45, 2.75) is 58.7 Å². The van der Waals surface area contributed by atoms with Gasteiger partial charge in [-0.1, -0.05) is 27.7 Å². The van der Waals surface area contributed by atoms with Gasteiger partial charge in [-0.25, -0.2) is 23.3 Å². The maximum Gasteiger partial charge on any atom is 0.341 e. The molecule has 4 heterocycles. The molecule has 15 nitrogen and oxygen atoms in total. The van der Waals surface area contributed by atoms with Gasteiger partial charge in [0.2, 0.25) is 6.10 Å². The van der Waals surface area contributed by atoms with Gasteiger partial charge in [-0.2, -0.15) is 0 Å². The van der Waals surface area contributed by atoms with Crippen LogP contribution in [-0.4, -0.2) is 67.6 Å². The average Bonchev–Trinajstić information content (AvgIpc) is 3.30. The van der Waals surface area contributed by atoms with Crippen molar-refractivity contribution in [1.29, 1.82) is 0 Å². The second-order valence-corrected chi connectivity index (χ2v) is 10.8. The normalized spacial score (nSPS) is 20.7. The van der Waals surface area contributed by atoms with Crippen LogP contribution < -0.4 is 11.2 Å². The summed E-state index contributed by atoms with van der Waals surface area (Å²) in [7, 11) is 0. The van der Waals surface area contributed by atoms with Crippen molar-refractivity contribution in [3.05, 3.63) is 93.3 Å². The SMILES string of the molecule is CC(C)C(=O)O[C@H]1[C@H](n2ccc(=O)n(COC(=O)c3cccnc3)c2=O)O[C@](F)(COC(=O)c2cccnc2)[C@H]1OC(=O)C(C)C. The molecule has 0 aromatic carbocycles. The number of carbonyl (C=O) groups excluding carboxylic acids is 4. The Morgan fingerprint density at radius 1 is 0.891 bits per heavy atom. The first-order chi connectivity index (χ1) is 21.8. The molecular weight excluding hydrogens is 611 g/mol. The molecule has 4 rings (SSSR count). The largest absolute Gasteiger partial charge is 0.456 e. The van der Waals surface area contributed by atoms with Gasteiger partial charge >= 0.3 is 29.6 Å². The van der Waals surface area contributed by atoms with E-state index in [-0.39, 0.29) is 11.1 Å². The third-order valence-electron chi connectivity index (χ3n) is 6.65. The third-order valence-corrected chi connectivity index (χ3v) is 6.65. The first-order valence-electron chi connectivity index (χ1n) is 14.1. The molecule has 244 valence electrons. The maximum atomic E-state index is 16.8. The number of esters is 4. The Hall–Kier alpha value is -5.25. The van der Waals surface area contributed by atoms with Crippen molar-refractivity contribution in [3.63, 3.8) is 0 Å². The number of pyridine rings is 2. The first kappa shape index (κ1) is 33.6. The summed E-state index contributed by atoms with van der Waals surface area (Å²) in [6, 6.07) is 6.61. The molecule has 0 radical (unpaired) electrons. The molecule has 0 bridgehead atoms. The monoisotopic (exact) mass is 642 g/mol. The molecule has 1 aliphatic rings. The van der Waals surface area contributed by atoms with Crippen LogP contribution >= 0.6 is 0 Å². The predicted molar refractivity (Wildman–Crippen MR) is 153 cm³/mol. The fourth-order valence-electron chi connectivity index (χ4n) is 4.13. The predicted octanol–water partition coefficient (Wildman–Crippen LogP) is 1.80. The maximum absolute atomic E-state index is 16.8. The molecule has 0 spiro atoms. The highest BCUT2D eigenvalue weighted by Gasteiger charge is 2.62. The van der Waals surface area contributed by atoms with Crippen molar-refractivity contribution < 1.29 is 47.3 Å². The summed E-state index contributed by atoms with van der Waals surface area (Å²) in [5, 5.41) is 0. The van der Waals surface area contributed by atoms with Crippen LogP contribution in [0.25, 0.3) is 0 Å². The lowest BCUT2D eigenvalue weighted by Gasteiger charge is -2.28. The molecule has 0 saturated carbocycles. The summed E-state index contributed by atoms with van der Waals surface area (Å²) in [5.74, 6) is -8.37. The number of alkyl halides is 1. The molecule has 0 aliphatic carbocycles. The lowest BCUT2D eigenvalue weighted by molar-refractivity contribution is -0.219. The van der Waals surface area contributed by atoms with Gasteiger partial charge in [0.25, 0.3) is 11.4 Å². The minimum atomic E-state index is -3.16. The zero-order valence-electron chi connectivity index (χ0n) is 25.2. The standard InChI is InChI=1S/C30H31FN4O11/c1-17(2)25(37)44-22-23(45-26(38)18(3)4)30(31,15-42-27(39)19-7-5-10-32-13-19)46-24(22)34-12-9-21(36)35(29(34)41)16-43-28(40)20-8-6-11-33-14-20/h5-14,17-18,22-24H,15-16H2,1-4H3/t22-,23+,24-,30-/m1/s1. The second kappa shape index (κ2) is 14.2. The van der Waals surface area contributed by atoms with E-state index < -0.39 is 84.6 Å². The number of aromatic nitrogens is 4. The zero-order valence-corrected chi connectivity index (χ0v) is 25.2.